The van der Waals surface area contributed by atoms with Gasteiger partial charge in [0, 0.05) is 11.3 Å². The smallest absolute Gasteiger partial charge is 0.311 e. The minimum absolute atomic E-state index is 0.110. The van der Waals surface area contributed by atoms with Crippen LogP contribution in [-0.4, -0.2) is 89.0 Å². The zero-order valence-corrected chi connectivity index (χ0v) is 23.8. The Kier molecular flexibility index (Phi) is 6.77. The number of aromatic nitrogens is 3. The highest BCUT2D eigenvalue weighted by molar-refractivity contribution is 8.02. The van der Waals surface area contributed by atoms with Crippen molar-refractivity contribution in [3.63, 3.8) is 0 Å². The van der Waals surface area contributed by atoms with Crippen molar-refractivity contribution < 1.29 is 24.2 Å². The van der Waals surface area contributed by atoms with Gasteiger partial charge in [-0.2, -0.15) is 0 Å². The van der Waals surface area contributed by atoms with Gasteiger partial charge in [-0.25, -0.2) is 4.68 Å². The van der Waals surface area contributed by atoms with Gasteiger partial charge in [-0.05, 0) is 37.8 Å². The first-order chi connectivity index (χ1) is 19.2. The molecule has 0 radical (unpaired) electrons. The summed E-state index contributed by atoms with van der Waals surface area (Å²) in [5.41, 5.74) is 1.53. The number of fused-ring (bicyclic) bond motifs is 3. The number of aliphatic hydroxyl groups excluding tert-OH is 1. The predicted octanol–water partition coefficient (Wildman–Crippen LogP) is 2.38. The van der Waals surface area contributed by atoms with Crippen molar-refractivity contribution in [2.75, 3.05) is 19.8 Å². The second-order valence-corrected chi connectivity index (χ2v) is 13.4. The van der Waals surface area contributed by atoms with Crippen LogP contribution in [0.4, 0.5) is 0 Å². The largest absolute Gasteiger partial charge is 0.465 e. The van der Waals surface area contributed by atoms with Crippen LogP contribution >= 0.6 is 11.8 Å². The maximum Gasteiger partial charge on any atom is 0.311 e. The molecule has 4 aliphatic rings. The first-order valence-electron chi connectivity index (χ1n) is 13.9. The Bertz CT molecular complexity index is 1410. The van der Waals surface area contributed by atoms with Crippen molar-refractivity contribution in [3.05, 3.63) is 48.6 Å². The molecule has 1 unspecified atom stereocenters. The molecule has 40 heavy (non-hydrogen) atoms. The van der Waals surface area contributed by atoms with E-state index in [1.54, 1.807) is 14.5 Å². The number of hydrogen-bond donors (Lipinski definition) is 1. The normalized spacial score (nSPS) is 33.6. The van der Waals surface area contributed by atoms with E-state index in [2.05, 4.69) is 16.4 Å². The number of carbonyl (C=O) groups is 3. The lowest BCUT2D eigenvalue weighted by molar-refractivity contribution is -0.155. The van der Waals surface area contributed by atoms with E-state index in [4.69, 9.17) is 4.74 Å². The van der Waals surface area contributed by atoms with Gasteiger partial charge in [0.15, 0.2) is 0 Å². The lowest BCUT2D eigenvalue weighted by atomic mass is 9.74. The van der Waals surface area contributed by atoms with E-state index in [9.17, 15) is 19.5 Å². The van der Waals surface area contributed by atoms with Crippen molar-refractivity contribution in [1.82, 2.24) is 24.8 Å². The highest BCUT2D eigenvalue weighted by Crippen LogP contribution is 2.65. The van der Waals surface area contributed by atoms with Crippen molar-refractivity contribution in [1.29, 1.82) is 0 Å². The van der Waals surface area contributed by atoms with Gasteiger partial charge in [-0.3, -0.25) is 14.4 Å². The summed E-state index contributed by atoms with van der Waals surface area (Å²) in [5, 5.41) is 19.0. The number of nitrogens with zero attached hydrogens (tertiary/aromatic N) is 5. The number of benzene rings is 1. The number of cyclic esters (lactones) is 1. The number of carbonyl (C=O) groups excluding carboxylic acids is 3. The number of para-hydroxylation sites is 1. The molecule has 4 aliphatic heterocycles. The molecule has 5 heterocycles. The van der Waals surface area contributed by atoms with Crippen LogP contribution in [0.25, 0.3) is 11.0 Å². The molecule has 1 aromatic heterocycles. The van der Waals surface area contributed by atoms with Crippen LogP contribution in [0.3, 0.4) is 0 Å². The molecule has 6 rings (SSSR count). The van der Waals surface area contributed by atoms with Gasteiger partial charge >= 0.3 is 5.97 Å². The highest BCUT2D eigenvalue weighted by atomic mass is 32.2. The fourth-order valence-electron chi connectivity index (χ4n) is 6.91. The van der Waals surface area contributed by atoms with Gasteiger partial charge in [0.05, 0.1) is 41.4 Å². The molecular weight excluding hydrogens is 530 g/mol. The van der Waals surface area contributed by atoms with Crippen LogP contribution < -0.4 is 0 Å². The number of amides is 2. The summed E-state index contributed by atoms with van der Waals surface area (Å²) in [6.07, 6.45) is 9.49. The molecule has 2 aromatic rings. The minimum atomic E-state index is -1.00. The number of allylic oxidation sites excluding steroid dienone is 1. The molecule has 2 saturated heterocycles. The number of rotatable bonds is 5. The summed E-state index contributed by atoms with van der Waals surface area (Å²) in [7, 11) is 0. The van der Waals surface area contributed by atoms with Crippen molar-refractivity contribution >= 4 is 40.6 Å². The molecule has 0 bridgehead atoms. The molecule has 0 aliphatic carbocycles. The fourth-order valence-corrected chi connectivity index (χ4v) is 9.05. The van der Waals surface area contributed by atoms with E-state index >= 15 is 0 Å². The molecule has 0 saturated carbocycles. The molecule has 11 heteroatoms. The fraction of sp³-hybridized carbons (Fsp3) is 0.552. The van der Waals surface area contributed by atoms with E-state index in [1.807, 2.05) is 63.3 Å². The summed E-state index contributed by atoms with van der Waals surface area (Å²) in [5.74, 6) is -2.60. The van der Waals surface area contributed by atoms with Gasteiger partial charge < -0.3 is 19.6 Å². The Morgan fingerprint density at radius 1 is 1.12 bits per heavy atom. The van der Waals surface area contributed by atoms with E-state index < -0.39 is 39.4 Å². The van der Waals surface area contributed by atoms with Gasteiger partial charge in [0.2, 0.25) is 11.8 Å². The average Bonchev–Trinajstić information content (AvgIpc) is 3.49. The predicted molar refractivity (Wildman–Crippen MR) is 150 cm³/mol. The van der Waals surface area contributed by atoms with Crippen LogP contribution in [0.15, 0.2) is 48.6 Å². The zero-order chi connectivity index (χ0) is 28.2. The van der Waals surface area contributed by atoms with Crippen LogP contribution in [0.5, 0.6) is 0 Å². The molecule has 1 aromatic carbocycles. The quantitative estimate of drug-likeness (QED) is 0.434. The standard InChI is InChI=1S/C29H35N5O5S/c1-18(2)21(16-35)34-24-26(37)32(17-33-20-11-6-5-10-19(20)30-31-33)14-9-13-29(24)22(25(34)36)23-27(38)39-15-8-4-7-12-28(23,3)40-29/h5-7,9-13,18,21-24,35H,4,8,14-17H2,1-3H3/b12-7-/t21-,22-,23-,24?,28+,29-/m0/s1. The minimum Gasteiger partial charge on any atom is -0.465 e. The third kappa shape index (κ3) is 4.00. The maximum atomic E-state index is 14.6. The van der Waals surface area contributed by atoms with Crippen molar-refractivity contribution in [3.8, 4) is 0 Å². The molecule has 1 spiro atoms. The highest BCUT2D eigenvalue weighted by Gasteiger charge is 2.74. The van der Waals surface area contributed by atoms with Gasteiger partial charge in [0.1, 0.15) is 18.2 Å². The lowest BCUT2D eigenvalue weighted by Gasteiger charge is -2.40. The second-order valence-electron chi connectivity index (χ2n) is 11.6. The number of hydrogen-bond acceptors (Lipinski definition) is 8. The second kappa shape index (κ2) is 10.0. The van der Waals surface area contributed by atoms with Crippen LogP contribution in [-0.2, 0) is 25.8 Å². The summed E-state index contributed by atoms with van der Waals surface area (Å²) in [6.45, 7) is 6.31. The Morgan fingerprint density at radius 3 is 2.70 bits per heavy atom. The summed E-state index contributed by atoms with van der Waals surface area (Å²) in [4.78, 5) is 45.9. The number of esters is 1. The topological polar surface area (TPSA) is 118 Å². The number of likely N-dealkylation sites (tertiary alicyclic amines) is 1. The third-order valence-corrected chi connectivity index (χ3v) is 10.6. The van der Waals surface area contributed by atoms with Gasteiger partial charge in [-0.1, -0.05) is 55.5 Å². The van der Waals surface area contributed by atoms with E-state index in [0.29, 0.717) is 13.2 Å². The average molecular weight is 566 g/mol. The number of thioether (sulfide) groups is 1. The van der Waals surface area contributed by atoms with Gasteiger partial charge in [0.25, 0.3) is 0 Å². The maximum absolute atomic E-state index is 14.6. The molecule has 2 amide bonds. The Hall–Kier alpha value is -3.18. The van der Waals surface area contributed by atoms with Crippen molar-refractivity contribution in [2.45, 2.75) is 61.9 Å². The number of ether oxygens (including phenoxy) is 1. The Balaban J connectivity index is 1.47. The first kappa shape index (κ1) is 27.0. The van der Waals surface area contributed by atoms with E-state index in [0.717, 1.165) is 23.9 Å². The first-order valence-corrected chi connectivity index (χ1v) is 14.8. The van der Waals surface area contributed by atoms with Crippen LogP contribution in [0.1, 0.15) is 33.6 Å². The SMILES string of the molecule is CC(C)[C@H](CO)N1C(=O)[C@@H]2[C@H]3C(=O)OCCC/C=C\[C@@]3(C)S[C@@]23C=CCN(Cn2nnc4ccccc42)C(=O)C13. The molecular formula is C29H35N5O5S. The van der Waals surface area contributed by atoms with E-state index in [1.165, 1.54) is 11.8 Å². The van der Waals surface area contributed by atoms with Crippen LogP contribution in [0.2, 0.25) is 0 Å². The Morgan fingerprint density at radius 2 is 1.93 bits per heavy atom. The number of aliphatic hydroxyl groups is 1. The van der Waals surface area contributed by atoms with Crippen LogP contribution in [0, 0.1) is 17.8 Å². The molecule has 1 N–H and O–H groups in total. The summed E-state index contributed by atoms with van der Waals surface area (Å²) < 4.78 is 5.63. The monoisotopic (exact) mass is 565 g/mol. The van der Waals surface area contributed by atoms with E-state index in [-0.39, 0.29) is 31.0 Å². The molecule has 2 fully saturated rings. The third-order valence-electron chi connectivity index (χ3n) is 8.81. The van der Waals surface area contributed by atoms with Gasteiger partial charge in [-0.15, -0.1) is 16.9 Å². The molecule has 6 atom stereocenters. The Labute approximate surface area is 237 Å². The molecule has 212 valence electrons. The van der Waals surface area contributed by atoms with Crippen molar-refractivity contribution in [2.24, 2.45) is 17.8 Å². The molecule has 10 nitrogen and oxygen atoms in total. The summed E-state index contributed by atoms with van der Waals surface area (Å²) in [6, 6.07) is 6.07. The lowest BCUT2D eigenvalue weighted by Crippen LogP contribution is -2.58. The summed E-state index contributed by atoms with van der Waals surface area (Å²) >= 11 is 1.51. The zero-order valence-electron chi connectivity index (χ0n) is 23.0.